The molecule has 0 unspecified atom stereocenters. The highest BCUT2D eigenvalue weighted by atomic mass is 32.1. The molecule has 0 atom stereocenters. The van der Waals surface area contributed by atoms with Crippen molar-refractivity contribution in [1.29, 1.82) is 0 Å². The van der Waals surface area contributed by atoms with Gasteiger partial charge in [-0.1, -0.05) is 12.1 Å². The largest absolute Gasteiger partial charge is 0.497 e. The second-order valence-corrected chi connectivity index (χ2v) is 6.12. The summed E-state index contributed by atoms with van der Waals surface area (Å²) >= 11 is 1.67. The van der Waals surface area contributed by atoms with Gasteiger partial charge in [0.2, 0.25) is 0 Å². The molecule has 3 aromatic heterocycles. The lowest BCUT2D eigenvalue weighted by atomic mass is 10.2. The van der Waals surface area contributed by atoms with E-state index >= 15 is 0 Å². The number of rotatable bonds is 5. The number of aromatic nitrogens is 3. The van der Waals surface area contributed by atoms with Gasteiger partial charge in [0.05, 0.1) is 19.0 Å². The second-order valence-electron chi connectivity index (χ2n) is 5.34. The molecule has 0 saturated carbocycles. The van der Waals surface area contributed by atoms with Crippen LogP contribution in [0, 0.1) is 0 Å². The van der Waals surface area contributed by atoms with Crippen LogP contribution in [0.5, 0.6) is 5.75 Å². The SMILES string of the molecule is COc1ccc(CNc2cc(-c3ccsc3)nc3ccnn23)cc1. The summed E-state index contributed by atoms with van der Waals surface area (Å²) in [6, 6.07) is 14.0. The van der Waals surface area contributed by atoms with Gasteiger partial charge in [-0.2, -0.15) is 21.0 Å². The molecular weight excluding hydrogens is 320 g/mol. The average Bonchev–Trinajstić information content (AvgIpc) is 3.31. The molecule has 0 aliphatic rings. The van der Waals surface area contributed by atoms with Crippen LogP contribution in [0.15, 0.2) is 59.4 Å². The van der Waals surface area contributed by atoms with Crippen molar-refractivity contribution in [1.82, 2.24) is 14.6 Å². The van der Waals surface area contributed by atoms with Crippen molar-refractivity contribution < 1.29 is 4.74 Å². The number of anilines is 1. The lowest BCUT2D eigenvalue weighted by molar-refractivity contribution is 0.414. The third-order valence-electron chi connectivity index (χ3n) is 3.81. The van der Waals surface area contributed by atoms with Gasteiger partial charge in [0.25, 0.3) is 0 Å². The van der Waals surface area contributed by atoms with Crippen molar-refractivity contribution in [3.8, 4) is 17.0 Å². The summed E-state index contributed by atoms with van der Waals surface area (Å²) in [5.74, 6) is 1.78. The summed E-state index contributed by atoms with van der Waals surface area (Å²) in [6.07, 6.45) is 1.76. The molecule has 1 N–H and O–H groups in total. The standard InChI is InChI=1S/C18H16N4OS/c1-23-15-4-2-13(3-5-15)11-19-18-10-16(14-7-9-24-12-14)21-17-6-8-20-22(17)18/h2-10,12,19H,11H2,1H3. The van der Waals surface area contributed by atoms with Gasteiger partial charge in [-0.25, -0.2) is 4.98 Å². The Bertz CT molecular complexity index is 945. The molecule has 0 bridgehead atoms. The fourth-order valence-corrected chi connectivity index (χ4v) is 3.18. The molecule has 4 rings (SSSR count). The lowest BCUT2D eigenvalue weighted by Crippen LogP contribution is -2.06. The lowest BCUT2D eigenvalue weighted by Gasteiger charge is -2.10. The van der Waals surface area contributed by atoms with Crippen LogP contribution in [0.2, 0.25) is 0 Å². The number of nitrogens with one attached hydrogen (secondary N) is 1. The maximum absolute atomic E-state index is 5.19. The van der Waals surface area contributed by atoms with Crippen molar-refractivity contribution >= 4 is 22.8 Å². The summed E-state index contributed by atoms with van der Waals surface area (Å²) in [5.41, 5.74) is 4.07. The van der Waals surface area contributed by atoms with Crippen LogP contribution in [-0.4, -0.2) is 21.7 Å². The third-order valence-corrected chi connectivity index (χ3v) is 4.49. The van der Waals surface area contributed by atoms with Crippen molar-refractivity contribution in [2.75, 3.05) is 12.4 Å². The molecule has 0 spiro atoms. The predicted octanol–water partition coefficient (Wildman–Crippen LogP) is 4.08. The first kappa shape index (κ1) is 14.7. The summed E-state index contributed by atoms with van der Waals surface area (Å²) in [4.78, 5) is 4.67. The molecule has 6 heteroatoms. The van der Waals surface area contributed by atoms with Crippen molar-refractivity contribution in [2.45, 2.75) is 6.54 Å². The smallest absolute Gasteiger partial charge is 0.157 e. The van der Waals surface area contributed by atoms with E-state index in [0.29, 0.717) is 6.54 Å². The Morgan fingerprint density at radius 3 is 2.79 bits per heavy atom. The topological polar surface area (TPSA) is 51.5 Å². The number of methoxy groups -OCH3 is 1. The minimum absolute atomic E-state index is 0.700. The third kappa shape index (κ3) is 2.83. The summed E-state index contributed by atoms with van der Waals surface area (Å²) in [6.45, 7) is 0.700. The zero-order valence-corrected chi connectivity index (χ0v) is 14.0. The second kappa shape index (κ2) is 6.33. The minimum atomic E-state index is 0.700. The molecular formula is C18H16N4OS. The first-order valence-electron chi connectivity index (χ1n) is 7.57. The first-order valence-corrected chi connectivity index (χ1v) is 8.52. The van der Waals surface area contributed by atoms with Crippen LogP contribution >= 0.6 is 11.3 Å². The molecule has 24 heavy (non-hydrogen) atoms. The highest BCUT2D eigenvalue weighted by Gasteiger charge is 2.08. The summed E-state index contributed by atoms with van der Waals surface area (Å²) in [5, 5.41) is 12.0. The Labute approximate surface area is 143 Å². The van der Waals surface area contributed by atoms with E-state index < -0.39 is 0 Å². The Kier molecular flexibility index (Phi) is 3.88. The van der Waals surface area contributed by atoms with Crippen LogP contribution in [0.1, 0.15) is 5.56 Å². The van der Waals surface area contributed by atoms with Gasteiger partial charge in [0.15, 0.2) is 5.65 Å². The van der Waals surface area contributed by atoms with Gasteiger partial charge in [0, 0.05) is 29.6 Å². The van der Waals surface area contributed by atoms with Gasteiger partial charge in [-0.05, 0) is 29.1 Å². The highest BCUT2D eigenvalue weighted by Crippen LogP contribution is 2.24. The Morgan fingerprint density at radius 1 is 1.17 bits per heavy atom. The fraction of sp³-hybridized carbons (Fsp3) is 0.111. The van der Waals surface area contributed by atoms with Gasteiger partial charge >= 0.3 is 0 Å². The zero-order chi connectivity index (χ0) is 16.4. The number of nitrogens with zero attached hydrogens (tertiary/aromatic N) is 3. The maximum atomic E-state index is 5.19. The van der Waals surface area contributed by atoms with Crippen LogP contribution in [0.4, 0.5) is 5.82 Å². The highest BCUT2D eigenvalue weighted by molar-refractivity contribution is 7.08. The molecule has 4 aromatic rings. The predicted molar refractivity (Wildman–Crippen MR) is 96.6 cm³/mol. The zero-order valence-electron chi connectivity index (χ0n) is 13.1. The number of fused-ring (bicyclic) bond motifs is 1. The van der Waals surface area contributed by atoms with E-state index in [1.165, 1.54) is 5.56 Å². The molecule has 0 aliphatic heterocycles. The molecule has 1 aromatic carbocycles. The van der Waals surface area contributed by atoms with E-state index in [0.717, 1.165) is 28.5 Å². The molecule has 0 saturated heterocycles. The van der Waals surface area contributed by atoms with Crippen LogP contribution in [0.3, 0.4) is 0 Å². The summed E-state index contributed by atoms with van der Waals surface area (Å²) in [7, 11) is 1.67. The van der Waals surface area contributed by atoms with Gasteiger partial charge in [-0.15, -0.1) is 0 Å². The van der Waals surface area contributed by atoms with Crippen molar-refractivity contribution in [3.05, 3.63) is 65.0 Å². The maximum Gasteiger partial charge on any atom is 0.157 e. The quantitative estimate of drug-likeness (QED) is 0.597. The van der Waals surface area contributed by atoms with E-state index in [1.807, 2.05) is 40.9 Å². The molecule has 5 nitrogen and oxygen atoms in total. The van der Waals surface area contributed by atoms with Crippen molar-refractivity contribution in [2.24, 2.45) is 0 Å². The number of hydrogen-bond acceptors (Lipinski definition) is 5. The number of thiophene rings is 1. The van der Waals surface area contributed by atoms with E-state index in [2.05, 4.69) is 32.2 Å². The average molecular weight is 336 g/mol. The van der Waals surface area contributed by atoms with E-state index in [9.17, 15) is 0 Å². The van der Waals surface area contributed by atoms with E-state index in [-0.39, 0.29) is 0 Å². The van der Waals surface area contributed by atoms with Crippen LogP contribution in [0.25, 0.3) is 16.9 Å². The van der Waals surface area contributed by atoms with Crippen LogP contribution in [-0.2, 0) is 6.54 Å². The van der Waals surface area contributed by atoms with Crippen molar-refractivity contribution in [3.63, 3.8) is 0 Å². The minimum Gasteiger partial charge on any atom is -0.497 e. The Hall–Kier alpha value is -2.86. The number of ether oxygens (including phenoxy) is 1. The Morgan fingerprint density at radius 2 is 2.04 bits per heavy atom. The fourth-order valence-electron chi connectivity index (χ4n) is 2.53. The van der Waals surface area contributed by atoms with E-state index in [4.69, 9.17) is 4.74 Å². The molecule has 0 radical (unpaired) electrons. The van der Waals surface area contributed by atoms with Crippen LogP contribution < -0.4 is 10.1 Å². The monoisotopic (exact) mass is 336 g/mol. The molecule has 0 aliphatic carbocycles. The Balaban J connectivity index is 1.63. The van der Waals surface area contributed by atoms with Gasteiger partial charge in [-0.3, -0.25) is 0 Å². The van der Waals surface area contributed by atoms with Gasteiger partial charge < -0.3 is 10.1 Å². The van der Waals surface area contributed by atoms with E-state index in [1.54, 1.807) is 24.6 Å². The molecule has 0 amide bonds. The number of benzene rings is 1. The van der Waals surface area contributed by atoms with Gasteiger partial charge in [0.1, 0.15) is 11.6 Å². The number of hydrogen-bond donors (Lipinski definition) is 1. The molecule has 120 valence electrons. The first-order chi connectivity index (χ1) is 11.8. The molecule has 3 heterocycles. The summed E-state index contributed by atoms with van der Waals surface area (Å²) < 4.78 is 7.01. The molecule has 0 fully saturated rings. The normalized spacial score (nSPS) is 10.9.